The minimum Gasteiger partial charge on any atom is -0.598 e. The van der Waals surface area contributed by atoms with Crippen molar-refractivity contribution in [3.63, 3.8) is 0 Å². The van der Waals surface area contributed by atoms with Gasteiger partial charge in [0.25, 0.3) is 0 Å². The van der Waals surface area contributed by atoms with Crippen LogP contribution >= 0.6 is 38.9 Å². The summed E-state index contributed by atoms with van der Waals surface area (Å²) < 4.78 is 16.5. The molecular weight excluding hydrogens is 416 g/mol. The van der Waals surface area contributed by atoms with E-state index >= 15 is 0 Å². The second-order valence-corrected chi connectivity index (χ2v) is 12.2. The Balaban J connectivity index is 2.26. The van der Waals surface area contributed by atoms with E-state index in [1.165, 1.54) is 0 Å². The second kappa shape index (κ2) is 6.86. The van der Waals surface area contributed by atoms with Crippen molar-refractivity contribution in [1.29, 1.82) is 5.26 Å². The van der Waals surface area contributed by atoms with Crippen LogP contribution in [0.15, 0.2) is 9.85 Å². The van der Waals surface area contributed by atoms with Crippen molar-refractivity contribution in [2.75, 3.05) is 0 Å². The smallest absolute Gasteiger partial charge is 0.136 e. The molecule has 1 aromatic heterocycles. The van der Waals surface area contributed by atoms with E-state index in [2.05, 4.69) is 26.7 Å². The van der Waals surface area contributed by atoms with Crippen molar-refractivity contribution in [3.05, 3.63) is 19.8 Å². The van der Waals surface area contributed by atoms with Gasteiger partial charge in [0.1, 0.15) is 4.75 Å². The summed E-state index contributed by atoms with van der Waals surface area (Å²) in [5, 5.41) is 10.0. The average molecular weight is 438 g/mol. The Kier molecular flexibility index (Phi) is 5.83. The molecule has 2 rings (SSSR count). The van der Waals surface area contributed by atoms with Gasteiger partial charge in [-0.2, -0.15) is 5.26 Å². The third-order valence-electron chi connectivity index (χ3n) is 4.23. The molecule has 1 saturated carbocycles. The van der Waals surface area contributed by atoms with E-state index in [1.54, 1.807) is 11.3 Å². The van der Waals surface area contributed by atoms with Crippen molar-refractivity contribution in [1.82, 2.24) is 4.72 Å². The Hall–Kier alpha value is 0.230. The zero-order chi connectivity index (χ0) is 17.5. The molecule has 0 aliphatic heterocycles. The molecule has 0 radical (unpaired) electrons. The van der Waals surface area contributed by atoms with Crippen LogP contribution in [0.2, 0.25) is 5.02 Å². The molecule has 1 N–H and O–H groups in total. The molecule has 128 valence electrons. The van der Waals surface area contributed by atoms with Crippen LogP contribution in [0.4, 0.5) is 0 Å². The molecule has 3 nitrogen and oxygen atoms in total. The van der Waals surface area contributed by atoms with E-state index in [4.69, 9.17) is 11.6 Å². The predicted octanol–water partition coefficient (Wildman–Crippen LogP) is 5.51. The Bertz CT molecular complexity index is 619. The molecule has 2 atom stereocenters. The fourth-order valence-corrected chi connectivity index (χ4v) is 5.58. The Morgan fingerprint density at radius 3 is 2.48 bits per heavy atom. The lowest BCUT2D eigenvalue weighted by Gasteiger charge is -2.35. The summed E-state index contributed by atoms with van der Waals surface area (Å²) in [5.41, 5.74) is -0.703. The molecule has 1 heterocycles. The molecule has 0 saturated heterocycles. The number of halogens is 2. The quantitative estimate of drug-likeness (QED) is 0.596. The van der Waals surface area contributed by atoms with Crippen LogP contribution in [-0.2, 0) is 16.9 Å². The molecule has 0 amide bonds. The maximum Gasteiger partial charge on any atom is 0.136 e. The normalized spacial score (nSPS) is 20.6. The molecule has 0 aromatic carbocycles. The van der Waals surface area contributed by atoms with E-state index in [-0.39, 0.29) is 10.2 Å². The lowest BCUT2D eigenvalue weighted by atomic mass is 9.89. The molecule has 1 aliphatic carbocycles. The summed E-state index contributed by atoms with van der Waals surface area (Å²) in [6, 6.07) is 4.31. The van der Waals surface area contributed by atoms with Crippen LogP contribution in [0.5, 0.6) is 0 Å². The summed E-state index contributed by atoms with van der Waals surface area (Å²) in [7, 11) is 0. The zero-order valence-corrected chi connectivity index (χ0v) is 17.8. The van der Waals surface area contributed by atoms with E-state index in [0.29, 0.717) is 5.02 Å². The predicted molar refractivity (Wildman–Crippen MR) is 102 cm³/mol. The Morgan fingerprint density at radius 2 is 2.09 bits per heavy atom. The largest absolute Gasteiger partial charge is 0.598 e. The van der Waals surface area contributed by atoms with Gasteiger partial charge in [0.15, 0.2) is 0 Å². The van der Waals surface area contributed by atoms with Crippen LogP contribution in [0.25, 0.3) is 0 Å². The molecule has 0 bridgehead atoms. The number of hydrogen-bond acceptors (Lipinski definition) is 4. The van der Waals surface area contributed by atoms with Gasteiger partial charge in [0.05, 0.1) is 25.8 Å². The number of hydrogen-bond donors (Lipinski definition) is 1. The first-order chi connectivity index (χ1) is 10.5. The highest BCUT2D eigenvalue weighted by Gasteiger charge is 2.47. The van der Waals surface area contributed by atoms with Gasteiger partial charge in [-0.1, -0.05) is 11.6 Å². The zero-order valence-electron chi connectivity index (χ0n) is 13.8. The minimum atomic E-state index is -1.22. The molecule has 1 fully saturated rings. The third kappa shape index (κ3) is 4.65. The highest BCUT2D eigenvalue weighted by Crippen LogP contribution is 2.51. The summed E-state index contributed by atoms with van der Waals surface area (Å²) >= 11 is 10.2. The molecule has 0 spiro atoms. The molecule has 1 aliphatic rings. The van der Waals surface area contributed by atoms with E-state index in [9.17, 15) is 9.81 Å². The number of rotatable bonds is 6. The summed E-state index contributed by atoms with van der Waals surface area (Å²) in [4.78, 5) is 0.970. The van der Waals surface area contributed by atoms with Crippen LogP contribution in [0.3, 0.4) is 0 Å². The topological polar surface area (TPSA) is 58.9 Å². The SMILES string of the molecule is CC(C)(C)[S+]([O-])N[C@@](C)(CCC1(C#N)CC1)c1sc(Br)cc1Cl. The van der Waals surface area contributed by atoms with Crippen LogP contribution in [0, 0.1) is 16.7 Å². The maximum atomic E-state index is 12.7. The van der Waals surface area contributed by atoms with E-state index in [1.807, 2.05) is 33.8 Å². The monoisotopic (exact) mass is 436 g/mol. The van der Waals surface area contributed by atoms with Gasteiger partial charge in [0, 0.05) is 16.2 Å². The van der Waals surface area contributed by atoms with E-state index < -0.39 is 16.9 Å². The second-order valence-electron chi connectivity index (χ2n) is 7.43. The van der Waals surface area contributed by atoms with Crippen LogP contribution in [0.1, 0.15) is 58.3 Å². The van der Waals surface area contributed by atoms with Crippen molar-refractivity contribution >= 4 is 50.2 Å². The number of nitriles is 1. The van der Waals surface area contributed by atoms with E-state index in [0.717, 1.165) is 34.3 Å². The fourth-order valence-electron chi connectivity index (χ4n) is 2.34. The first-order valence-corrected chi connectivity index (χ1v) is 10.7. The molecule has 23 heavy (non-hydrogen) atoms. The highest BCUT2D eigenvalue weighted by atomic mass is 79.9. The van der Waals surface area contributed by atoms with Crippen LogP contribution in [-0.4, -0.2) is 9.30 Å². The van der Waals surface area contributed by atoms with Gasteiger partial charge >= 0.3 is 0 Å². The van der Waals surface area contributed by atoms with Crippen molar-refractivity contribution in [3.8, 4) is 6.07 Å². The number of thiophene rings is 1. The van der Waals surface area contributed by atoms with Gasteiger partial charge in [-0.05, 0) is 75.4 Å². The minimum absolute atomic E-state index is 0.187. The molecule has 1 aromatic rings. The summed E-state index contributed by atoms with van der Waals surface area (Å²) in [6.07, 6.45) is 3.45. The number of nitrogens with zero attached hydrogens (tertiary/aromatic N) is 1. The van der Waals surface area contributed by atoms with Gasteiger partial charge in [-0.3, -0.25) is 0 Å². The first-order valence-electron chi connectivity index (χ1n) is 7.58. The lowest BCUT2D eigenvalue weighted by Crippen LogP contribution is -2.49. The number of nitrogens with one attached hydrogen (secondary N) is 1. The van der Waals surface area contributed by atoms with Crippen molar-refractivity contribution < 1.29 is 4.55 Å². The Morgan fingerprint density at radius 1 is 1.48 bits per heavy atom. The first kappa shape index (κ1) is 19.6. The highest BCUT2D eigenvalue weighted by molar-refractivity contribution is 9.11. The Labute approximate surface area is 159 Å². The fraction of sp³-hybridized carbons (Fsp3) is 0.688. The van der Waals surface area contributed by atoms with Crippen molar-refractivity contribution in [2.45, 2.75) is 63.7 Å². The molecule has 1 unspecified atom stereocenters. The van der Waals surface area contributed by atoms with Crippen molar-refractivity contribution in [2.24, 2.45) is 5.41 Å². The van der Waals surface area contributed by atoms with Gasteiger partial charge in [-0.25, -0.2) is 0 Å². The standard InChI is InChI=1S/C16H22BrClN2OS2/c1-14(2,3)23(21)20-15(4,5-6-16(10-19)7-8-16)13-11(18)9-12(17)22-13/h9,20H,5-8H2,1-4H3/t15-,23?/m0/s1. The third-order valence-corrected chi connectivity index (χ3v) is 8.29. The van der Waals surface area contributed by atoms with Gasteiger partial charge in [0.2, 0.25) is 0 Å². The summed E-state index contributed by atoms with van der Waals surface area (Å²) in [6.45, 7) is 7.87. The van der Waals surface area contributed by atoms with Gasteiger partial charge < -0.3 is 4.55 Å². The summed E-state index contributed by atoms with van der Waals surface area (Å²) in [5.74, 6) is 0. The molecular formula is C16H22BrClN2OS2. The average Bonchev–Trinajstić information content (AvgIpc) is 3.14. The maximum absolute atomic E-state index is 12.7. The lowest BCUT2D eigenvalue weighted by molar-refractivity contribution is 0.361. The molecule has 7 heteroatoms. The van der Waals surface area contributed by atoms with Crippen LogP contribution < -0.4 is 4.72 Å². The van der Waals surface area contributed by atoms with Gasteiger partial charge in [-0.15, -0.1) is 16.1 Å².